The Hall–Kier alpha value is -1.81. The number of nitrogens with zero attached hydrogens (tertiary/aromatic N) is 2. The molecule has 1 amide bonds. The van der Waals surface area contributed by atoms with Crippen LogP contribution in [-0.4, -0.2) is 15.7 Å². The third-order valence-corrected chi connectivity index (χ3v) is 4.04. The predicted octanol–water partition coefficient (Wildman–Crippen LogP) is 3.05. The quantitative estimate of drug-likeness (QED) is 0.944. The second-order valence-corrected chi connectivity index (χ2v) is 5.78. The number of hydrogen-bond donors (Lipinski definition) is 1. The number of anilines is 1. The fraction of sp³-hybridized carbons (Fsp3) is 0.333. The summed E-state index contributed by atoms with van der Waals surface area (Å²) in [7, 11) is 1.82. The SMILES string of the molecule is Cc1cc(NC(=O)C2(c3cccc(Cl)c3)CC2)n(C)n1. The summed E-state index contributed by atoms with van der Waals surface area (Å²) in [6.07, 6.45) is 1.71. The number of aryl methyl sites for hydroxylation is 2. The minimum atomic E-state index is -0.428. The van der Waals surface area contributed by atoms with Crippen molar-refractivity contribution in [1.82, 2.24) is 9.78 Å². The van der Waals surface area contributed by atoms with Crippen LogP contribution in [0.15, 0.2) is 30.3 Å². The molecule has 1 heterocycles. The van der Waals surface area contributed by atoms with Gasteiger partial charge < -0.3 is 5.32 Å². The Kier molecular flexibility index (Phi) is 3.05. The molecule has 0 atom stereocenters. The second-order valence-electron chi connectivity index (χ2n) is 5.34. The maximum atomic E-state index is 12.6. The number of hydrogen-bond acceptors (Lipinski definition) is 2. The predicted molar refractivity (Wildman–Crippen MR) is 78.9 cm³/mol. The van der Waals surface area contributed by atoms with Crippen LogP contribution in [0.1, 0.15) is 24.1 Å². The number of rotatable bonds is 3. The number of amides is 1. The Morgan fingerprint density at radius 1 is 1.40 bits per heavy atom. The van der Waals surface area contributed by atoms with Gasteiger partial charge in [-0.1, -0.05) is 23.7 Å². The molecule has 0 bridgehead atoms. The topological polar surface area (TPSA) is 46.9 Å². The molecule has 4 nitrogen and oxygen atoms in total. The molecule has 1 aliphatic carbocycles. The average Bonchev–Trinajstić information content (AvgIpc) is 3.13. The molecule has 0 spiro atoms. The van der Waals surface area contributed by atoms with Crippen LogP contribution >= 0.6 is 11.6 Å². The first-order chi connectivity index (χ1) is 9.51. The molecule has 1 saturated carbocycles. The van der Waals surface area contributed by atoms with Gasteiger partial charge in [-0.25, -0.2) is 0 Å². The third-order valence-electron chi connectivity index (χ3n) is 3.81. The van der Waals surface area contributed by atoms with E-state index in [1.54, 1.807) is 4.68 Å². The highest BCUT2D eigenvalue weighted by Gasteiger charge is 2.51. The number of benzene rings is 1. The first-order valence-electron chi connectivity index (χ1n) is 6.59. The van der Waals surface area contributed by atoms with E-state index in [2.05, 4.69) is 10.4 Å². The molecule has 1 fully saturated rings. The highest BCUT2D eigenvalue weighted by molar-refractivity contribution is 6.30. The first kappa shape index (κ1) is 13.2. The minimum absolute atomic E-state index is 0.0165. The molecule has 0 radical (unpaired) electrons. The van der Waals surface area contributed by atoms with Crippen molar-refractivity contribution in [3.8, 4) is 0 Å². The second kappa shape index (κ2) is 4.63. The molecule has 1 aliphatic rings. The highest BCUT2D eigenvalue weighted by atomic mass is 35.5. The lowest BCUT2D eigenvalue weighted by Gasteiger charge is -2.16. The number of aromatic nitrogens is 2. The maximum absolute atomic E-state index is 12.6. The number of carbonyl (C=O) groups excluding carboxylic acids is 1. The smallest absolute Gasteiger partial charge is 0.236 e. The van der Waals surface area contributed by atoms with Gasteiger partial charge in [-0.15, -0.1) is 0 Å². The molecular formula is C15H16ClN3O. The molecule has 0 aliphatic heterocycles. The standard InChI is InChI=1S/C15H16ClN3O/c1-10-8-13(19(2)18-10)17-14(20)15(6-7-15)11-4-3-5-12(16)9-11/h3-5,8-9H,6-7H2,1-2H3,(H,17,20). The van der Waals surface area contributed by atoms with Gasteiger partial charge in [0.05, 0.1) is 11.1 Å². The van der Waals surface area contributed by atoms with Gasteiger partial charge >= 0.3 is 0 Å². The van der Waals surface area contributed by atoms with Crippen molar-refractivity contribution in [2.75, 3.05) is 5.32 Å². The molecule has 20 heavy (non-hydrogen) atoms. The summed E-state index contributed by atoms with van der Waals surface area (Å²) in [5.41, 5.74) is 1.44. The van der Waals surface area contributed by atoms with Crippen molar-refractivity contribution in [2.24, 2.45) is 7.05 Å². The first-order valence-corrected chi connectivity index (χ1v) is 6.97. The van der Waals surface area contributed by atoms with Crippen LogP contribution in [0.25, 0.3) is 0 Å². The zero-order chi connectivity index (χ0) is 14.3. The van der Waals surface area contributed by atoms with E-state index in [4.69, 9.17) is 11.6 Å². The molecule has 1 aromatic heterocycles. The van der Waals surface area contributed by atoms with E-state index in [9.17, 15) is 4.79 Å². The van der Waals surface area contributed by atoms with E-state index in [0.717, 1.165) is 29.9 Å². The van der Waals surface area contributed by atoms with Crippen LogP contribution in [0.4, 0.5) is 5.82 Å². The lowest BCUT2D eigenvalue weighted by molar-refractivity contribution is -0.118. The van der Waals surface area contributed by atoms with Gasteiger partial charge in [0.15, 0.2) is 0 Å². The summed E-state index contributed by atoms with van der Waals surface area (Å²) in [5, 5.41) is 7.87. The lowest BCUT2D eigenvalue weighted by atomic mass is 9.95. The van der Waals surface area contributed by atoms with E-state index >= 15 is 0 Å². The summed E-state index contributed by atoms with van der Waals surface area (Å²) in [6.45, 7) is 1.90. The van der Waals surface area contributed by atoms with E-state index in [1.165, 1.54) is 0 Å². The molecule has 0 saturated heterocycles. The van der Waals surface area contributed by atoms with Gasteiger partial charge in [-0.3, -0.25) is 9.48 Å². The summed E-state index contributed by atoms with van der Waals surface area (Å²) in [6, 6.07) is 9.42. The van der Waals surface area contributed by atoms with Gasteiger partial charge in [0.1, 0.15) is 5.82 Å². The van der Waals surface area contributed by atoms with Crippen molar-refractivity contribution in [3.63, 3.8) is 0 Å². The lowest BCUT2D eigenvalue weighted by Crippen LogP contribution is -2.28. The van der Waals surface area contributed by atoms with Crippen molar-refractivity contribution < 1.29 is 4.79 Å². The van der Waals surface area contributed by atoms with Gasteiger partial charge in [0, 0.05) is 18.1 Å². The monoisotopic (exact) mass is 289 g/mol. The Morgan fingerprint density at radius 2 is 2.15 bits per heavy atom. The summed E-state index contributed by atoms with van der Waals surface area (Å²) in [5.74, 6) is 0.739. The number of carbonyl (C=O) groups is 1. The van der Waals surface area contributed by atoms with Crippen molar-refractivity contribution >= 4 is 23.3 Å². The van der Waals surface area contributed by atoms with Crippen molar-refractivity contribution in [1.29, 1.82) is 0 Å². The maximum Gasteiger partial charge on any atom is 0.236 e. The van der Waals surface area contributed by atoms with E-state index in [0.29, 0.717) is 5.02 Å². The molecule has 1 aromatic carbocycles. The Labute approximate surface area is 122 Å². The summed E-state index contributed by atoms with van der Waals surface area (Å²) >= 11 is 6.03. The van der Waals surface area contributed by atoms with Gasteiger partial charge in [-0.05, 0) is 37.5 Å². The fourth-order valence-electron chi connectivity index (χ4n) is 2.52. The van der Waals surface area contributed by atoms with Gasteiger partial charge in [0.25, 0.3) is 0 Å². The molecule has 3 rings (SSSR count). The number of halogens is 1. The van der Waals surface area contributed by atoms with Gasteiger partial charge in [-0.2, -0.15) is 5.10 Å². The zero-order valence-electron chi connectivity index (χ0n) is 11.5. The highest BCUT2D eigenvalue weighted by Crippen LogP contribution is 2.49. The normalized spacial score (nSPS) is 15.9. The number of nitrogens with one attached hydrogen (secondary N) is 1. The van der Waals surface area contributed by atoms with Crippen LogP contribution in [0.2, 0.25) is 5.02 Å². The average molecular weight is 290 g/mol. The van der Waals surface area contributed by atoms with Crippen LogP contribution in [0.5, 0.6) is 0 Å². The molecule has 104 valence electrons. The van der Waals surface area contributed by atoms with Crippen LogP contribution in [0.3, 0.4) is 0 Å². The molecule has 1 N–H and O–H groups in total. The summed E-state index contributed by atoms with van der Waals surface area (Å²) < 4.78 is 1.68. The Balaban J connectivity index is 1.85. The molecule has 2 aromatic rings. The Bertz CT molecular complexity index is 674. The van der Waals surface area contributed by atoms with Crippen molar-refractivity contribution in [2.45, 2.75) is 25.2 Å². The van der Waals surface area contributed by atoms with Crippen LogP contribution < -0.4 is 5.32 Å². The van der Waals surface area contributed by atoms with Crippen LogP contribution in [0, 0.1) is 6.92 Å². The molecular weight excluding hydrogens is 274 g/mol. The molecule has 0 unspecified atom stereocenters. The minimum Gasteiger partial charge on any atom is -0.310 e. The fourth-order valence-corrected chi connectivity index (χ4v) is 2.71. The largest absolute Gasteiger partial charge is 0.310 e. The van der Waals surface area contributed by atoms with E-state index in [-0.39, 0.29) is 5.91 Å². The zero-order valence-corrected chi connectivity index (χ0v) is 12.2. The van der Waals surface area contributed by atoms with E-state index < -0.39 is 5.41 Å². The van der Waals surface area contributed by atoms with E-state index in [1.807, 2.05) is 44.3 Å². The molecule has 5 heteroatoms. The Morgan fingerprint density at radius 3 is 2.70 bits per heavy atom. The van der Waals surface area contributed by atoms with Crippen LogP contribution in [-0.2, 0) is 17.3 Å². The third kappa shape index (κ3) is 2.20. The summed E-state index contributed by atoms with van der Waals surface area (Å²) in [4.78, 5) is 12.6. The van der Waals surface area contributed by atoms with Crippen molar-refractivity contribution in [3.05, 3.63) is 46.6 Å². The van der Waals surface area contributed by atoms with Gasteiger partial charge in [0.2, 0.25) is 5.91 Å².